The fourth-order valence-electron chi connectivity index (χ4n) is 6.28. The van der Waals surface area contributed by atoms with Crippen LogP contribution in [0.1, 0.15) is 54.3 Å². The predicted octanol–water partition coefficient (Wildman–Crippen LogP) is 6.77. The van der Waals surface area contributed by atoms with Crippen molar-refractivity contribution < 1.29 is 134 Å². The van der Waals surface area contributed by atoms with E-state index in [0.29, 0.717) is 0 Å². The van der Waals surface area contributed by atoms with Gasteiger partial charge < -0.3 is 56.8 Å². The summed E-state index contributed by atoms with van der Waals surface area (Å²) in [7, 11) is 10.8. The van der Waals surface area contributed by atoms with Crippen molar-refractivity contribution in [3.63, 3.8) is 0 Å². The van der Waals surface area contributed by atoms with Crippen LogP contribution in [0.5, 0.6) is 46.0 Å². The molecule has 0 radical (unpaired) electrons. The maximum Gasteiger partial charge on any atom is 0.549 e. The van der Waals surface area contributed by atoms with Crippen molar-refractivity contribution in [1.82, 2.24) is 0 Å². The van der Waals surface area contributed by atoms with Gasteiger partial charge in [0.2, 0.25) is 0 Å². The maximum absolute atomic E-state index is 12.8. The number of methoxy groups -OCH3 is 8. The maximum atomic E-state index is 12.8. The van der Waals surface area contributed by atoms with Crippen LogP contribution in [-0.4, -0.2) is 132 Å². The lowest BCUT2D eigenvalue weighted by molar-refractivity contribution is -0.208. The molecule has 0 saturated heterocycles. The van der Waals surface area contributed by atoms with Crippen LogP contribution in [0.3, 0.4) is 0 Å². The smallest absolute Gasteiger partial charge is 0.493 e. The molecule has 28 heteroatoms. The minimum atomic E-state index is -1.58. The summed E-state index contributed by atoms with van der Waals surface area (Å²) in [5, 5.41) is 0. The van der Waals surface area contributed by atoms with Gasteiger partial charge in [-0.3, -0.25) is 0 Å². The van der Waals surface area contributed by atoms with Gasteiger partial charge in [-0.1, -0.05) is 0 Å². The van der Waals surface area contributed by atoms with Gasteiger partial charge >= 0.3 is 48.5 Å². The first kappa shape index (κ1) is 58.8. The van der Waals surface area contributed by atoms with Crippen LogP contribution >= 0.6 is 0 Å². The van der Waals surface area contributed by atoms with Crippen LogP contribution in [0.2, 0.25) is 0 Å². The van der Waals surface area contributed by atoms with E-state index in [1.165, 1.54) is 130 Å². The van der Waals surface area contributed by atoms with Crippen molar-refractivity contribution in [1.29, 1.82) is 0 Å². The first-order chi connectivity index (χ1) is 36.6. The van der Waals surface area contributed by atoms with Crippen LogP contribution in [0.25, 0.3) is 0 Å². The molecule has 0 N–H and O–H groups in total. The van der Waals surface area contributed by atoms with Crippen molar-refractivity contribution >= 4 is 48.5 Å². The molecule has 0 fully saturated rings. The summed E-state index contributed by atoms with van der Waals surface area (Å²) in [4.78, 5) is 138. The lowest BCUT2D eigenvalue weighted by Crippen LogP contribution is -2.30. The molecule has 2 atom stereocenters. The second kappa shape index (κ2) is 30.3. The third-order valence-corrected chi connectivity index (χ3v) is 10.1. The van der Waals surface area contributed by atoms with E-state index in [2.05, 4.69) is 39.1 Å². The number of rotatable bonds is 23. The fraction of sp³-hybridized carbons (Fsp3) is 0.333. The van der Waals surface area contributed by atoms with Crippen LogP contribution in [-0.2, 0) is 58.0 Å². The number of hydrogen-bond donors (Lipinski definition) is 0. The molecule has 0 spiro atoms. The molecule has 0 aliphatic rings. The van der Waals surface area contributed by atoms with Gasteiger partial charge in [0.05, 0.1) is 106 Å². The van der Waals surface area contributed by atoms with Crippen molar-refractivity contribution in [3.05, 3.63) is 95.1 Å². The molecule has 0 amide bonds. The van der Waals surface area contributed by atoms with E-state index in [1.54, 1.807) is 0 Å². The second-order valence-electron chi connectivity index (χ2n) is 14.5. The van der Waals surface area contributed by atoms with Gasteiger partial charge in [-0.25, -0.2) is 58.3 Å². The van der Waals surface area contributed by atoms with Gasteiger partial charge in [-0.15, -0.1) is 0 Å². The summed E-state index contributed by atoms with van der Waals surface area (Å²) in [6.07, 6.45) is -6.89. The van der Waals surface area contributed by atoms with E-state index in [-0.39, 0.29) is 81.1 Å². The van der Waals surface area contributed by atoms with Crippen LogP contribution in [0.15, 0.2) is 72.8 Å². The third kappa shape index (κ3) is 17.8. The summed E-state index contributed by atoms with van der Waals surface area (Å²) >= 11 is 0. The van der Waals surface area contributed by atoms with Crippen LogP contribution < -0.4 is 37.9 Å². The minimum Gasteiger partial charge on any atom is -0.493 e. The number of carbonyl (C=O) groups is 8. The molecule has 0 heterocycles. The minimum absolute atomic E-state index is 0.108. The molecule has 28 nitrogen and oxygen atoms in total. The SMILES string of the molecule is COc1ccc(C(=O)OOC(=O)OCCC(COC(=O)OOC(=O)c2ccc(OC)c(OC)c2)C(CCOC(=O)OOC(=O)c2ccc(OC)c(OC)c2)COC(=O)OOC(=O)c2ccc(OC)c(OC)c2)cc1OC. The Morgan fingerprint density at radius 2 is 0.526 bits per heavy atom. The monoisotopic (exact) mass is 1070 g/mol. The first-order valence-electron chi connectivity index (χ1n) is 21.7. The topological polar surface area (TPSA) is 321 Å². The molecule has 410 valence electrons. The van der Waals surface area contributed by atoms with E-state index in [1.807, 2.05) is 0 Å². The van der Waals surface area contributed by atoms with Gasteiger partial charge in [-0.05, 0) is 85.6 Å². The first-order valence-corrected chi connectivity index (χ1v) is 21.7. The Morgan fingerprint density at radius 3 is 0.750 bits per heavy atom. The summed E-state index contributed by atoms with van der Waals surface area (Å²) in [6.45, 7) is -2.65. The number of benzene rings is 4. The van der Waals surface area contributed by atoms with Crippen molar-refractivity contribution in [2.75, 3.05) is 83.3 Å². The standard InChI is InChI=1S/C48H50O28/c1-57-33-13-9-27(21-37(33)61-5)41(49)69-73-45(53)65-19-17-31(25-67-47(55)75-71-43(51)29-11-15-35(59-3)39(23-29)63-7)32(26-68-48(56)76-72-44(52)30-12-16-36(60-4)40(24-30)64-8)18-20-66-46(54)74-70-42(50)28-10-14-34(58-2)38(22-28)62-6/h9-16,21-24,31-32H,17-20,25-26H2,1-8H3. The van der Waals surface area contributed by atoms with Gasteiger partial charge in [0.1, 0.15) is 0 Å². The number of hydrogen-bond acceptors (Lipinski definition) is 28. The van der Waals surface area contributed by atoms with Gasteiger partial charge in [0, 0.05) is 11.8 Å². The molecule has 0 saturated carbocycles. The fourth-order valence-corrected chi connectivity index (χ4v) is 6.28. The molecule has 76 heavy (non-hydrogen) atoms. The average Bonchev–Trinajstić information content (AvgIpc) is 3.45. The molecule has 0 aliphatic carbocycles. The third-order valence-electron chi connectivity index (χ3n) is 10.1. The van der Waals surface area contributed by atoms with E-state index in [4.69, 9.17) is 56.8 Å². The van der Waals surface area contributed by atoms with Crippen LogP contribution in [0.4, 0.5) is 19.2 Å². The summed E-state index contributed by atoms with van der Waals surface area (Å²) in [5.74, 6) is -5.12. The highest BCUT2D eigenvalue weighted by Crippen LogP contribution is 2.31. The Kier molecular flexibility index (Phi) is 23.5. The van der Waals surface area contributed by atoms with E-state index < -0.39 is 86.8 Å². The molecular weight excluding hydrogens is 1020 g/mol. The second-order valence-corrected chi connectivity index (χ2v) is 14.5. The zero-order valence-corrected chi connectivity index (χ0v) is 41.8. The van der Waals surface area contributed by atoms with Crippen molar-refractivity contribution in [3.8, 4) is 46.0 Å². The Bertz CT molecular complexity index is 2470. The Balaban J connectivity index is 1.49. The van der Waals surface area contributed by atoms with Gasteiger partial charge in [-0.2, -0.15) is 19.2 Å². The number of ether oxygens (including phenoxy) is 12. The summed E-state index contributed by atoms with van der Waals surface area (Å²) in [5.41, 5.74) is -0.476. The normalized spacial score (nSPS) is 11.0. The average molecular weight is 1070 g/mol. The van der Waals surface area contributed by atoms with E-state index in [9.17, 15) is 38.4 Å². The Labute approximate surface area is 431 Å². The van der Waals surface area contributed by atoms with Crippen molar-refractivity contribution in [2.24, 2.45) is 11.8 Å². The van der Waals surface area contributed by atoms with Crippen LogP contribution in [0, 0.1) is 11.8 Å². The van der Waals surface area contributed by atoms with Gasteiger partial charge in [0.15, 0.2) is 46.0 Å². The lowest BCUT2D eigenvalue weighted by Gasteiger charge is -2.25. The highest BCUT2D eigenvalue weighted by Gasteiger charge is 2.29. The van der Waals surface area contributed by atoms with Gasteiger partial charge in [0.25, 0.3) is 0 Å². The molecule has 0 aromatic heterocycles. The zero-order chi connectivity index (χ0) is 55.6. The molecule has 4 rings (SSSR count). The Morgan fingerprint density at radius 1 is 0.303 bits per heavy atom. The summed E-state index contributed by atoms with van der Waals surface area (Å²) in [6, 6.07) is 15.7. The molecule has 4 aromatic rings. The molecule has 0 aliphatic heterocycles. The summed E-state index contributed by atoms with van der Waals surface area (Å²) < 4.78 is 61.7. The molecule has 2 unspecified atom stereocenters. The number of carbonyl (C=O) groups excluding carboxylic acids is 8. The molecule has 0 bridgehead atoms. The molecule has 4 aromatic carbocycles. The van der Waals surface area contributed by atoms with E-state index in [0.717, 1.165) is 0 Å². The quantitative estimate of drug-likeness (QED) is 0.0320. The van der Waals surface area contributed by atoms with Crippen molar-refractivity contribution in [2.45, 2.75) is 12.8 Å². The highest BCUT2D eigenvalue weighted by atomic mass is 17.3. The zero-order valence-electron chi connectivity index (χ0n) is 41.8. The highest BCUT2D eigenvalue weighted by molar-refractivity contribution is 5.92. The predicted molar refractivity (Wildman–Crippen MR) is 246 cm³/mol. The molecular formula is C48H50O28. The lowest BCUT2D eigenvalue weighted by atomic mass is 9.88. The Hall–Kier alpha value is -9.76. The largest absolute Gasteiger partial charge is 0.549 e. The van der Waals surface area contributed by atoms with E-state index >= 15 is 0 Å².